The predicted molar refractivity (Wildman–Crippen MR) is 142 cm³/mol. The fraction of sp³-hybridized carbons (Fsp3) is 0.143. The Labute approximate surface area is 214 Å². The van der Waals surface area contributed by atoms with Crippen LogP contribution in [0.1, 0.15) is 33.1 Å². The molecule has 3 aromatic carbocycles. The smallest absolute Gasteiger partial charge is 0.253 e. The van der Waals surface area contributed by atoms with Gasteiger partial charge in [-0.15, -0.1) is 0 Å². The third-order valence-electron chi connectivity index (χ3n) is 6.05. The van der Waals surface area contributed by atoms with E-state index >= 15 is 0 Å². The average molecular weight is 503 g/mol. The summed E-state index contributed by atoms with van der Waals surface area (Å²) >= 11 is 12.6. The highest BCUT2D eigenvalue weighted by Gasteiger charge is 2.23. The van der Waals surface area contributed by atoms with Crippen molar-refractivity contribution in [3.05, 3.63) is 123 Å². The molecular formula is C28H24Cl2N4O. The molecule has 0 bridgehead atoms. The second-order valence-corrected chi connectivity index (χ2v) is 9.25. The Morgan fingerprint density at radius 2 is 1.66 bits per heavy atom. The van der Waals surface area contributed by atoms with Crippen molar-refractivity contribution >= 4 is 40.6 Å². The lowest BCUT2D eigenvalue weighted by atomic mass is 9.98. The number of halogens is 2. The largest absolute Gasteiger partial charge is 0.367 e. The normalized spacial score (nSPS) is 12.7. The number of carbonyl (C=O) groups excluding carboxylic acids is 1. The van der Waals surface area contributed by atoms with Gasteiger partial charge in [0.2, 0.25) is 0 Å². The van der Waals surface area contributed by atoms with Crippen molar-refractivity contribution in [2.24, 2.45) is 0 Å². The first-order valence-corrected chi connectivity index (χ1v) is 12.2. The van der Waals surface area contributed by atoms with E-state index in [1.165, 1.54) is 0 Å². The predicted octanol–water partition coefficient (Wildman–Crippen LogP) is 6.34. The monoisotopic (exact) mass is 502 g/mol. The van der Waals surface area contributed by atoms with Crippen LogP contribution in [0.4, 0.5) is 11.5 Å². The van der Waals surface area contributed by atoms with Crippen molar-refractivity contribution in [3.63, 3.8) is 0 Å². The lowest BCUT2D eigenvalue weighted by Gasteiger charge is -2.32. The van der Waals surface area contributed by atoms with E-state index in [2.05, 4.69) is 20.5 Å². The molecule has 1 aliphatic rings. The minimum Gasteiger partial charge on any atom is -0.367 e. The number of amides is 1. The highest BCUT2D eigenvalue weighted by atomic mass is 35.5. The number of nitrogens with one attached hydrogen (secondary N) is 2. The maximum atomic E-state index is 13.4. The van der Waals surface area contributed by atoms with Gasteiger partial charge < -0.3 is 15.5 Å². The summed E-state index contributed by atoms with van der Waals surface area (Å²) < 4.78 is 0. The molecule has 2 heterocycles. The molecular weight excluding hydrogens is 479 g/mol. The summed E-state index contributed by atoms with van der Waals surface area (Å²) in [4.78, 5) is 20.1. The third kappa shape index (κ3) is 5.26. The van der Waals surface area contributed by atoms with Gasteiger partial charge in [-0.1, -0.05) is 83.9 Å². The van der Waals surface area contributed by atoms with Gasteiger partial charge in [0.25, 0.3) is 5.91 Å². The van der Waals surface area contributed by atoms with Crippen molar-refractivity contribution in [2.75, 3.05) is 23.3 Å². The van der Waals surface area contributed by atoms with Gasteiger partial charge in [-0.2, -0.15) is 0 Å². The molecule has 5 rings (SSSR count). The number of nitrogens with zero attached hydrogens (tertiary/aromatic N) is 2. The average Bonchev–Trinajstić information content (AvgIpc) is 2.90. The quantitative estimate of drug-likeness (QED) is 0.323. The molecule has 0 atom stereocenters. The lowest BCUT2D eigenvalue weighted by molar-refractivity contribution is 0.0942. The zero-order valence-corrected chi connectivity index (χ0v) is 20.4. The van der Waals surface area contributed by atoms with Crippen molar-refractivity contribution in [3.8, 4) is 0 Å². The molecule has 0 radical (unpaired) electrons. The summed E-state index contributed by atoms with van der Waals surface area (Å²) in [7, 11) is 0. The molecule has 1 aliphatic heterocycles. The summed E-state index contributed by atoms with van der Waals surface area (Å²) in [5, 5.41) is 7.81. The molecule has 0 fully saturated rings. The van der Waals surface area contributed by atoms with Crippen LogP contribution in [-0.2, 0) is 6.54 Å². The van der Waals surface area contributed by atoms with Crippen LogP contribution >= 0.6 is 23.2 Å². The van der Waals surface area contributed by atoms with E-state index in [0.29, 0.717) is 22.2 Å². The van der Waals surface area contributed by atoms with E-state index in [1.54, 1.807) is 18.3 Å². The summed E-state index contributed by atoms with van der Waals surface area (Å²) in [5.41, 5.74) is 4.30. The van der Waals surface area contributed by atoms with Crippen LogP contribution in [0.3, 0.4) is 0 Å². The molecule has 0 spiro atoms. The summed E-state index contributed by atoms with van der Waals surface area (Å²) in [6, 6.07) is 27.0. The molecule has 176 valence electrons. The number of hydrogen-bond donors (Lipinski definition) is 2. The minimum atomic E-state index is -0.277. The molecule has 35 heavy (non-hydrogen) atoms. The van der Waals surface area contributed by atoms with Gasteiger partial charge in [-0.05, 0) is 41.0 Å². The van der Waals surface area contributed by atoms with Gasteiger partial charge in [0, 0.05) is 35.9 Å². The van der Waals surface area contributed by atoms with E-state index < -0.39 is 0 Å². The van der Waals surface area contributed by atoms with Gasteiger partial charge >= 0.3 is 0 Å². The SMILES string of the molecule is O=C(NC(c1ccccc1)c1ccccc1)c1cnc2c(c1)N(Cc1cc(Cl)ccc1Cl)CCN2. The number of carbonyl (C=O) groups is 1. The molecule has 7 heteroatoms. The number of fused-ring (bicyclic) bond motifs is 1. The summed E-state index contributed by atoms with van der Waals surface area (Å²) in [6.07, 6.45) is 1.62. The molecule has 5 nitrogen and oxygen atoms in total. The molecule has 0 aliphatic carbocycles. The Kier molecular flexibility index (Phi) is 6.89. The Morgan fingerprint density at radius 1 is 0.971 bits per heavy atom. The molecule has 2 N–H and O–H groups in total. The maximum absolute atomic E-state index is 13.4. The van der Waals surface area contributed by atoms with Crippen LogP contribution in [0.2, 0.25) is 10.0 Å². The summed E-state index contributed by atoms with van der Waals surface area (Å²) in [6.45, 7) is 2.06. The number of anilines is 2. The van der Waals surface area contributed by atoms with Crippen LogP contribution in [-0.4, -0.2) is 24.0 Å². The van der Waals surface area contributed by atoms with Crippen LogP contribution in [0.25, 0.3) is 0 Å². The first-order valence-electron chi connectivity index (χ1n) is 11.4. The van der Waals surface area contributed by atoms with Gasteiger partial charge in [0.15, 0.2) is 0 Å². The number of hydrogen-bond acceptors (Lipinski definition) is 4. The number of benzene rings is 3. The Bertz CT molecular complexity index is 1290. The first kappa shape index (κ1) is 23.2. The molecule has 4 aromatic rings. The van der Waals surface area contributed by atoms with Crippen LogP contribution in [0.5, 0.6) is 0 Å². The molecule has 0 saturated heterocycles. The van der Waals surface area contributed by atoms with Gasteiger partial charge in [-0.3, -0.25) is 4.79 Å². The Morgan fingerprint density at radius 3 is 2.34 bits per heavy atom. The van der Waals surface area contributed by atoms with Crippen LogP contribution < -0.4 is 15.5 Å². The highest BCUT2D eigenvalue weighted by molar-refractivity contribution is 6.33. The standard InChI is InChI=1S/C28H24Cl2N4O/c29-23-11-12-24(30)22(15-23)18-34-14-13-31-27-25(34)16-21(17-32-27)28(35)33-26(19-7-3-1-4-8-19)20-9-5-2-6-10-20/h1-12,15-17,26H,13-14,18H2,(H,31,32)(H,33,35). The van der Waals surface area contributed by atoms with Gasteiger partial charge in [0.1, 0.15) is 5.82 Å². The first-order chi connectivity index (χ1) is 17.1. The van der Waals surface area contributed by atoms with E-state index in [9.17, 15) is 4.79 Å². The van der Waals surface area contributed by atoms with E-state index in [0.717, 1.165) is 41.3 Å². The van der Waals surface area contributed by atoms with Crippen LogP contribution in [0, 0.1) is 0 Å². The molecule has 1 aromatic heterocycles. The van der Waals surface area contributed by atoms with E-state index in [1.807, 2.05) is 72.8 Å². The fourth-order valence-electron chi connectivity index (χ4n) is 4.28. The number of pyridine rings is 1. The van der Waals surface area contributed by atoms with Crippen molar-refractivity contribution in [2.45, 2.75) is 12.6 Å². The maximum Gasteiger partial charge on any atom is 0.253 e. The molecule has 1 amide bonds. The van der Waals surface area contributed by atoms with Crippen molar-refractivity contribution in [1.82, 2.24) is 10.3 Å². The van der Waals surface area contributed by atoms with E-state index in [4.69, 9.17) is 23.2 Å². The number of rotatable bonds is 6. The zero-order valence-electron chi connectivity index (χ0n) is 18.9. The number of aromatic nitrogens is 1. The third-order valence-corrected chi connectivity index (χ3v) is 6.66. The van der Waals surface area contributed by atoms with Crippen molar-refractivity contribution < 1.29 is 4.79 Å². The van der Waals surface area contributed by atoms with Crippen molar-refractivity contribution in [1.29, 1.82) is 0 Å². The fourth-order valence-corrected chi connectivity index (χ4v) is 4.66. The lowest BCUT2D eigenvalue weighted by Crippen LogP contribution is -2.35. The highest BCUT2D eigenvalue weighted by Crippen LogP contribution is 2.32. The van der Waals surface area contributed by atoms with Gasteiger partial charge in [0.05, 0.1) is 17.3 Å². The zero-order chi connectivity index (χ0) is 24.2. The minimum absolute atomic E-state index is 0.190. The molecule has 0 saturated carbocycles. The molecule has 0 unspecified atom stereocenters. The van der Waals surface area contributed by atoms with Crippen LogP contribution in [0.15, 0.2) is 91.1 Å². The Hall–Kier alpha value is -3.54. The Balaban J connectivity index is 1.43. The second-order valence-electron chi connectivity index (χ2n) is 8.40. The van der Waals surface area contributed by atoms with Gasteiger partial charge in [-0.25, -0.2) is 4.98 Å². The topological polar surface area (TPSA) is 57.3 Å². The summed E-state index contributed by atoms with van der Waals surface area (Å²) in [5.74, 6) is 0.554. The second kappa shape index (κ2) is 10.4. The van der Waals surface area contributed by atoms with E-state index in [-0.39, 0.29) is 11.9 Å².